The van der Waals surface area contributed by atoms with E-state index in [0.29, 0.717) is 11.5 Å². The lowest BCUT2D eigenvalue weighted by atomic mass is 9.88. The van der Waals surface area contributed by atoms with Crippen LogP contribution in [0.15, 0.2) is 46.9 Å². The van der Waals surface area contributed by atoms with Crippen molar-refractivity contribution in [1.29, 1.82) is 0 Å². The highest BCUT2D eigenvalue weighted by Crippen LogP contribution is 2.29. The molecule has 26 heavy (non-hydrogen) atoms. The van der Waals surface area contributed by atoms with Gasteiger partial charge in [-0.2, -0.15) is 0 Å². The number of methoxy groups -OCH3 is 1. The first-order chi connectivity index (χ1) is 12.7. The van der Waals surface area contributed by atoms with Crippen molar-refractivity contribution in [1.82, 2.24) is 4.98 Å². The number of fused-ring (bicyclic) bond motifs is 1. The van der Waals surface area contributed by atoms with Crippen LogP contribution in [0.1, 0.15) is 32.1 Å². The number of anilines is 1. The van der Waals surface area contributed by atoms with Gasteiger partial charge in [-0.25, -0.2) is 4.98 Å². The van der Waals surface area contributed by atoms with Crippen molar-refractivity contribution >= 4 is 22.7 Å². The van der Waals surface area contributed by atoms with Crippen LogP contribution in [0.4, 0.5) is 5.69 Å². The van der Waals surface area contributed by atoms with Crippen LogP contribution >= 0.6 is 0 Å². The third-order valence-corrected chi connectivity index (χ3v) is 4.97. The van der Waals surface area contributed by atoms with E-state index in [4.69, 9.17) is 9.15 Å². The van der Waals surface area contributed by atoms with Gasteiger partial charge >= 0.3 is 0 Å². The monoisotopic (exact) mass is 350 g/mol. The summed E-state index contributed by atoms with van der Waals surface area (Å²) in [6.45, 7) is 0. The average molecular weight is 350 g/mol. The van der Waals surface area contributed by atoms with Crippen molar-refractivity contribution in [3.05, 3.63) is 42.5 Å². The van der Waals surface area contributed by atoms with Crippen LogP contribution in [0, 0.1) is 5.92 Å². The van der Waals surface area contributed by atoms with E-state index in [-0.39, 0.29) is 11.8 Å². The molecule has 1 saturated carbocycles. The zero-order valence-corrected chi connectivity index (χ0v) is 14.8. The van der Waals surface area contributed by atoms with E-state index in [0.717, 1.165) is 48.2 Å². The summed E-state index contributed by atoms with van der Waals surface area (Å²) in [6.07, 6.45) is 5.50. The second-order valence-electron chi connectivity index (χ2n) is 6.75. The normalized spacial score (nSPS) is 15.1. The molecular formula is C21H22N2O3. The lowest BCUT2D eigenvalue weighted by Gasteiger charge is -2.20. The highest BCUT2D eigenvalue weighted by Gasteiger charge is 2.21. The van der Waals surface area contributed by atoms with Crippen LogP contribution < -0.4 is 10.1 Å². The highest BCUT2D eigenvalue weighted by atomic mass is 16.5. The fourth-order valence-corrected chi connectivity index (χ4v) is 3.47. The van der Waals surface area contributed by atoms with Gasteiger partial charge in [-0.05, 0) is 55.3 Å². The third kappa shape index (κ3) is 3.43. The number of nitrogens with zero attached hydrogens (tertiary/aromatic N) is 1. The molecule has 1 heterocycles. The van der Waals surface area contributed by atoms with E-state index in [9.17, 15) is 4.79 Å². The summed E-state index contributed by atoms with van der Waals surface area (Å²) < 4.78 is 11.0. The zero-order valence-electron chi connectivity index (χ0n) is 14.8. The molecule has 1 aliphatic rings. The molecule has 0 saturated heterocycles. The van der Waals surface area contributed by atoms with E-state index in [1.165, 1.54) is 6.42 Å². The van der Waals surface area contributed by atoms with Gasteiger partial charge in [0.1, 0.15) is 11.3 Å². The molecule has 1 aliphatic carbocycles. The first kappa shape index (κ1) is 16.6. The Morgan fingerprint density at radius 2 is 1.88 bits per heavy atom. The molecule has 1 N–H and O–H groups in total. The molecule has 1 fully saturated rings. The van der Waals surface area contributed by atoms with Gasteiger partial charge in [0.15, 0.2) is 5.58 Å². The molecule has 1 aromatic heterocycles. The summed E-state index contributed by atoms with van der Waals surface area (Å²) in [6, 6.07) is 13.2. The molecular weight excluding hydrogens is 328 g/mol. The second kappa shape index (κ2) is 7.20. The molecule has 4 rings (SSSR count). The predicted molar refractivity (Wildman–Crippen MR) is 101 cm³/mol. The van der Waals surface area contributed by atoms with Gasteiger partial charge in [0.25, 0.3) is 0 Å². The minimum absolute atomic E-state index is 0.114. The van der Waals surface area contributed by atoms with E-state index in [1.54, 1.807) is 7.11 Å². The lowest BCUT2D eigenvalue weighted by molar-refractivity contribution is -0.120. The van der Waals surface area contributed by atoms with Crippen LogP contribution in [-0.2, 0) is 4.79 Å². The molecule has 1 amide bonds. The molecule has 0 spiro atoms. The van der Waals surface area contributed by atoms with Crippen molar-refractivity contribution in [3.63, 3.8) is 0 Å². The Labute approximate surface area is 152 Å². The van der Waals surface area contributed by atoms with E-state index in [1.807, 2.05) is 42.5 Å². The number of carbonyl (C=O) groups is 1. The van der Waals surface area contributed by atoms with Gasteiger partial charge < -0.3 is 14.5 Å². The molecule has 0 radical (unpaired) electrons. The zero-order chi connectivity index (χ0) is 17.9. The van der Waals surface area contributed by atoms with Crippen molar-refractivity contribution in [2.75, 3.05) is 12.4 Å². The standard InChI is InChI=1S/C21H22N2O3/c1-25-17-10-7-15(8-11-17)21-23-18-13-16(9-12-19(18)26-21)22-20(24)14-5-3-2-4-6-14/h7-14H,2-6H2,1H3,(H,22,24). The molecule has 134 valence electrons. The quantitative estimate of drug-likeness (QED) is 0.717. The van der Waals surface area contributed by atoms with E-state index < -0.39 is 0 Å². The van der Waals surface area contributed by atoms with Crippen LogP contribution in [0.25, 0.3) is 22.6 Å². The Morgan fingerprint density at radius 1 is 1.12 bits per heavy atom. The summed E-state index contributed by atoms with van der Waals surface area (Å²) >= 11 is 0. The molecule has 0 aliphatic heterocycles. The largest absolute Gasteiger partial charge is 0.497 e. The average Bonchev–Trinajstić information content (AvgIpc) is 3.12. The number of benzene rings is 2. The molecule has 0 atom stereocenters. The number of aromatic nitrogens is 1. The van der Waals surface area contributed by atoms with Crippen LogP contribution in [0.3, 0.4) is 0 Å². The minimum atomic E-state index is 0.114. The maximum Gasteiger partial charge on any atom is 0.227 e. The number of oxazole rings is 1. The fraction of sp³-hybridized carbons (Fsp3) is 0.333. The molecule has 0 unspecified atom stereocenters. The van der Waals surface area contributed by atoms with Gasteiger partial charge in [-0.3, -0.25) is 4.79 Å². The van der Waals surface area contributed by atoms with Gasteiger partial charge in [-0.1, -0.05) is 19.3 Å². The summed E-state index contributed by atoms with van der Waals surface area (Å²) in [4.78, 5) is 17.0. The topological polar surface area (TPSA) is 64.4 Å². The maximum absolute atomic E-state index is 12.4. The van der Waals surface area contributed by atoms with Gasteiger partial charge in [0, 0.05) is 17.2 Å². The third-order valence-electron chi connectivity index (χ3n) is 4.97. The molecule has 5 nitrogen and oxygen atoms in total. The number of amides is 1. The molecule has 3 aromatic rings. The fourth-order valence-electron chi connectivity index (χ4n) is 3.47. The van der Waals surface area contributed by atoms with Gasteiger partial charge in [0.2, 0.25) is 11.8 Å². The van der Waals surface area contributed by atoms with Crippen LogP contribution in [-0.4, -0.2) is 18.0 Å². The molecule has 0 bridgehead atoms. The molecule has 2 aromatic carbocycles. The Morgan fingerprint density at radius 3 is 2.62 bits per heavy atom. The number of nitrogens with one attached hydrogen (secondary N) is 1. The predicted octanol–water partition coefficient (Wildman–Crippen LogP) is 5.02. The highest BCUT2D eigenvalue weighted by molar-refractivity contribution is 5.94. The summed E-state index contributed by atoms with van der Waals surface area (Å²) in [5.74, 6) is 1.59. The summed E-state index contributed by atoms with van der Waals surface area (Å²) in [5.41, 5.74) is 3.08. The van der Waals surface area contributed by atoms with Gasteiger partial charge in [0.05, 0.1) is 7.11 Å². The van der Waals surface area contributed by atoms with E-state index in [2.05, 4.69) is 10.3 Å². The molecule has 5 heteroatoms. The number of hydrogen-bond donors (Lipinski definition) is 1. The van der Waals surface area contributed by atoms with Crippen molar-refractivity contribution in [2.24, 2.45) is 5.92 Å². The second-order valence-corrected chi connectivity index (χ2v) is 6.75. The van der Waals surface area contributed by atoms with Crippen LogP contribution in [0.2, 0.25) is 0 Å². The smallest absolute Gasteiger partial charge is 0.227 e. The SMILES string of the molecule is COc1ccc(-c2nc3cc(NC(=O)C4CCCCC4)ccc3o2)cc1. The first-order valence-electron chi connectivity index (χ1n) is 9.09. The van der Waals surface area contributed by atoms with Crippen molar-refractivity contribution in [2.45, 2.75) is 32.1 Å². The summed E-state index contributed by atoms with van der Waals surface area (Å²) in [7, 11) is 1.64. The van der Waals surface area contributed by atoms with E-state index >= 15 is 0 Å². The Bertz CT molecular complexity index is 909. The minimum Gasteiger partial charge on any atom is -0.497 e. The Balaban J connectivity index is 1.54. The van der Waals surface area contributed by atoms with Crippen molar-refractivity contribution < 1.29 is 13.9 Å². The Hall–Kier alpha value is -2.82. The van der Waals surface area contributed by atoms with Gasteiger partial charge in [-0.15, -0.1) is 0 Å². The van der Waals surface area contributed by atoms with Crippen LogP contribution in [0.5, 0.6) is 5.75 Å². The number of rotatable bonds is 4. The summed E-state index contributed by atoms with van der Waals surface area (Å²) in [5, 5.41) is 3.03. The van der Waals surface area contributed by atoms with Crippen molar-refractivity contribution in [3.8, 4) is 17.2 Å². The lowest BCUT2D eigenvalue weighted by Crippen LogP contribution is -2.24. The number of ether oxygens (including phenoxy) is 1. The number of carbonyl (C=O) groups excluding carboxylic acids is 1. The first-order valence-corrected chi connectivity index (χ1v) is 9.09. The number of hydrogen-bond acceptors (Lipinski definition) is 4. The Kier molecular flexibility index (Phi) is 4.61. The maximum atomic E-state index is 12.4.